The number of carbonyl (C=O) groups excluding carboxylic acids is 1. The van der Waals surface area contributed by atoms with Gasteiger partial charge in [-0.2, -0.15) is 18.3 Å². The highest BCUT2D eigenvalue weighted by molar-refractivity contribution is 6.02. The van der Waals surface area contributed by atoms with Gasteiger partial charge in [0.2, 0.25) is 0 Å². The maximum absolute atomic E-state index is 14.5. The van der Waals surface area contributed by atoms with Crippen molar-refractivity contribution in [3.63, 3.8) is 0 Å². The summed E-state index contributed by atoms with van der Waals surface area (Å²) < 4.78 is 56.1. The number of nitrogens with one attached hydrogen (secondary N) is 1. The van der Waals surface area contributed by atoms with Gasteiger partial charge >= 0.3 is 6.18 Å². The molecular weight excluding hydrogens is 386 g/mol. The van der Waals surface area contributed by atoms with Crippen molar-refractivity contribution in [2.24, 2.45) is 15.6 Å². The smallest absolute Gasteiger partial charge is 0.362 e. The van der Waals surface area contributed by atoms with Gasteiger partial charge in [-0.15, -0.1) is 5.11 Å². The summed E-state index contributed by atoms with van der Waals surface area (Å²) in [6.07, 6.45) is -4.51. The quantitative estimate of drug-likeness (QED) is 0.627. The summed E-state index contributed by atoms with van der Waals surface area (Å²) >= 11 is 0. The minimum Gasteiger partial charge on any atom is -0.362 e. The molecule has 1 aromatic carbocycles. The zero-order chi connectivity index (χ0) is 20.8. The number of alkyl halides is 3. The highest BCUT2D eigenvalue weighted by Gasteiger charge is 2.60. The molecule has 1 N–H and O–H groups in total. The summed E-state index contributed by atoms with van der Waals surface area (Å²) in [6, 6.07) is 4.44. The molecule has 0 bridgehead atoms. The molecule has 0 fully saturated rings. The van der Waals surface area contributed by atoms with E-state index in [0.29, 0.717) is 28.8 Å². The van der Waals surface area contributed by atoms with E-state index in [1.807, 2.05) is 13.8 Å². The van der Waals surface area contributed by atoms with Crippen molar-refractivity contribution in [3.05, 3.63) is 57.7 Å². The molecule has 0 amide bonds. The Morgan fingerprint density at radius 2 is 1.97 bits per heavy atom. The van der Waals surface area contributed by atoms with Gasteiger partial charge in [0, 0.05) is 23.3 Å². The highest BCUT2D eigenvalue weighted by Crippen LogP contribution is 2.59. The summed E-state index contributed by atoms with van der Waals surface area (Å²) in [6.45, 7) is 3.90. The van der Waals surface area contributed by atoms with Crippen molar-refractivity contribution >= 4 is 5.78 Å². The van der Waals surface area contributed by atoms with E-state index in [2.05, 4.69) is 15.5 Å². The fourth-order valence-electron chi connectivity index (χ4n) is 5.54. The number of carbonyl (C=O) groups is 1. The predicted octanol–water partition coefficient (Wildman–Crippen LogP) is 4.86. The fraction of sp³-hybridized carbons (Fsp3) is 0.476. The third-order valence-corrected chi connectivity index (χ3v) is 6.47. The maximum atomic E-state index is 14.5. The third kappa shape index (κ3) is 2.40. The molecule has 0 radical (unpaired) electrons. The number of hydrogen-bond acceptors (Lipinski definition) is 4. The van der Waals surface area contributed by atoms with Crippen LogP contribution in [-0.2, 0) is 16.6 Å². The van der Waals surface area contributed by atoms with Gasteiger partial charge in [-0.05, 0) is 41.9 Å². The summed E-state index contributed by atoms with van der Waals surface area (Å²) in [5.41, 5.74) is -1.05. The number of azo groups is 1. The van der Waals surface area contributed by atoms with Gasteiger partial charge < -0.3 is 5.32 Å². The van der Waals surface area contributed by atoms with Crippen LogP contribution in [0, 0.1) is 11.2 Å². The number of ketones is 1. The summed E-state index contributed by atoms with van der Waals surface area (Å²) in [4.78, 5) is 13.3. The predicted molar refractivity (Wildman–Crippen MR) is 96.3 cm³/mol. The van der Waals surface area contributed by atoms with E-state index >= 15 is 0 Å². The van der Waals surface area contributed by atoms with E-state index in [9.17, 15) is 22.4 Å². The van der Waals surface area contributed by atoms with Gasteiger partial charge in [-0.25, -0.2) is 4.39 Å². The van der Waals surface area contributed by atoms with Gasteiger partial charge in [0.25, 0.3) is 0 Å². The first-order chi connectivity index (χ1) is 13.5. The Bertz CT molecular complexity index is 1050. The molecule has 2 aliphatic carbocycles. The van der Waals surface area contributed by atoms with Crippen molar-refractivity contribution < 1.29 is 22.4 Å². The Morgan fingerprint density at radius 3 is 2.69 bits per heavy atom. The monoisotopic (exact) mass is 405 g/mol. The minimum atomic E-state index is -4.71. The van der Waals surface area contributed by atoms with Crippen molar-refractivity contribution in [2.45, 2.75) is 57.3 Å². The molecule has 4 nitrogen and oxygen atoms in total. The molecule has 1 spiro atoms. The Balaban J connectivity index is 1.86. The second-order valence-electron chi connectivity index (χ2n) is 8.99. The molecule has 0 aromatic heterocycles. The molecule has 2 atom stereocenters. The second kappa shape index (κ2) is 5.55. The van der Waals surface area contributed by atoms with Gasteiger partial charge in [-0.3, -0.25) is 4.79 Å². The molecule has 152 valence electrons. The first-order valence-corrected chi connectivity index (χ1v) is 9.58. The zero-order valence-corrected chi connectivity index (χ0v) is 16.0. The first kappa shape index (κ1) is 18.5. The topological polar surface area (TPSA) is 53.8 Å². The molecular formula is C21H19F4N3O. The standard InChI is InChI=1S/C21H19F4N3O/c1-19(2)8-13-15(14(29)9-19)20(7-6-10-11(20)4-3-5-12(10)22)16-17(21(23,24)25)27-28-18(16)26-13/h3-5,18,26H,6-9H2,1-2H3/t18?,20-/m0/s1. The van der Waals surface area contributed by atoms with Gasteiger partial charge in [-0.1, -0.05) is 26.0 Å². The molecule has 2 aliphatic heterocycles. The van der Waals surface area contributed by atoms with E-state index in [0.717, 1.165) is 0 Å². The van der Waals surface area contributed by atoms with Crippen LogP contribution < -0.4 is 5.32 Å². The molecule has 1 unspecified atom stereocenters. The van der Waals surface area contributed by atoms with E-state index in [-0.39, 0.29) is 36.0 Å². The molecule has 2 heterocycles. The lowest BCUT2D eigenvalue weighted by Gasteiger charge is -2.47. The molecule has 29 heavy (non-hydrogen) atoms. The Morgan fingerprint density at radius 1 is 1.21 bits per heavy atom. The number of benzene rings is 1. The summed E-state index contributed by atoms with van der Waals surface area (Å²) in [5.74, 6) is -0.651. The molecule has 1 aromatic rings. The van der Waals surface area contributed by atoms with Crippen molar-refractivity contribution in [1.82, 2.24) is 5.32 Å². The van der Waals surface area contributed by atoms with Crippen LogP contribution >= 0.6 is 0 Å². The number of hydrogen-bond donors (Lipinski definition) is 1. The van der Waals surface area contributed by atoms with Gasteiger partial charge in [0.05, 0.1) is 5.41 Å². The number of nitrogens with zero attached hydrogens (tertiary/aromatic N) is 2. The molecule has 0 saturated carbocycles. The second-order valence-corrected chi connectivity index (χ2v) is 8.99. The summed E-state index contributed by atoms with van der Waals surface area (Å²) in [7, 11) is 0. The van der Waals surface area contributed by atoms with Crippen molar-refractivity contribution in [3.8, 4) is 0 Å². The fourth-order valence-corrected chi connectivity index (χ4v) is 5.54. The van der Waals surface area contributed by atoms with E-state index in [1.165, 1.54) is 12.1 Å². The average Bonchev–Trinajstić information content (AvgIpc) is 3.17. The Hall–Kier alpha value is -2.51. The molecule has 8 heteroatoms. The van der Waals surface area contributed by atoms with Crippen LogP contribution in [0.4, 0.5) is 17.6 Å². The largest absolute Gasteiger partial charge is 0.435 e. The lowest BCUT2D eigenvalue weighted by molar-refractivity contribution is -0.119. The minimum absolute atomic E-state index is 0.0684. The molecule has 4 aliphatic rings. The highest BCUT2D eigenvalue weighted by atomic mass is 19.4. The van der Waals surface area contributed by atoms with Crippen LogP contribution in [-0.4, -0.2) is 18.1 Å². The lowest BCUT2D eigenvalue weighted by atomic mass is 9.60. The lowest BCUT2D eigenvalue weighted by Crippen LogP contribution is -2.51. The average molecular weight is 405 g/mol. The molecule has 0 saturated heterocycles. The van der Waals surface area contributed by atoms with Crippen LogP contribution in [0.1, 0.15) is 44.2 Å². The van der Waals surface area contributed by atoms with Gasteiger partial charge in [0.15, 0.2) is 17.6 Å². The normalized spacial score (nSPS) is 29.9. The third-order valence-electron chi connectivity index (χ3n) is 6.47. The van der Waals surface area contributed by atoms with E-state index in [4.69, 9.17) is 0 Å². The Kier molecular flexibility index (Phi) is 3.54. The van der Waals surface area contributed by atoms with E-state index in [1.54, 1.807) is 6.07 Å². The molecule has 5 rings (SSSR count). The number of Topliss-reactive ketones (excluding diaryl/α,β-unsaturated/α-hetero) is 1. The van der Waals surface area contributed by atoms with Crippen LogP contribution in [0.3, 0.4) is 0 Å². The van der Waals surface area contributed by atoms with E-state index < -0.39 is 29.3 Å². The summed E-state index contributed by atoms with van der Waals surface area (Å²) in [5, 5.41) is 10.4. The van der Waals surface area contributed by atoms with Crippen LogP contribution in [0.15, 0.2) is 51.0 Å². The number of halogens is 4. The number of allylic oxidation sites excluding steroid dienone is 3. The SMILES string of the molecule is CC1(C)CC(=O)C2=C(C1)NC1N=NC(C(F)(F)F)=C1[C@]21CCc2c(F)cccc21. The van der Waals surface area contributed by atoms with Gasteiger partial charge in [0.1, 0.15) is 5.82 Å². The maximum Gasteiger partial charge on any atom is 0.435 e. The number of rotatable bonds is 0. The van der Waals surface area contributed by atoms with Crippen LogP contribution in [0.5, 0.6) is 0 Å². The van der Waals surface area contributed by atoms with Crippen molar-refractivity contribution in [1.29, 1.82) is 0 Å². The first-order valence-electron chi connectivity index (χ1n) is 9.58. The van der Waals surface area contributed by atoms with Crippen LogP contribution in [0.25, 0.3) is 0 Å². The zero-order valence-electron chi connectivity index (χ0n) is 16.0. The van der Waals surface area contributed by atoms with Crippen LogP contribution in [0.2, 0.25) is 0 Å². The number of fused-ring (bicyclic) bond motifs is 5. The Labute approximate surface area is 164 Å². The van der Waals surface area contributed by atoms with Crippen molar-refractivity contribution in [2.75, 3.05) is 0 Å².